The SMILES string of the molecule is COc1ccccc1NC(=O)N[C@H](CN(C)C)c1ccccc1. The number of carbonyl (C=O) groups is 1. The van der Waals surface area contributed by atoms with Crippen molar-refractivity contribution < 1.29 is 9.53 Å². The Labute approximate surface area is 137 Å². The maximum absolute atomic E-state index is 12.3. The summed E-state index contributed by atoms with van der Waals surface area (Å²) in [5.41, 5.74) is 1.71. The maximum Gasteiger partial charge on any atom is 0.319 e. The second kappa shape index (κ2) is 8.19. The third kappa shape index (κ3) is 5.00. The van der Waals surface area contributed by atoms with Crippen molar-refractivity contribution in [1.29, 1.82) is 0 Å². The van der Waals surface area contributed by atoms with Crippen molar-refractivity contribution >= 4 is 11.7 Å². The van der Waals surface area contributed by atoms with E-state index < -0.39 is 0 Å². The van der Waals surface area contributed by atoms with Crippen molar-refractivity contribution in [2.75, 3.05) is 33.1 Å². The van der Waals surface area contributed by atoms with E-state index in [2.05, 4.69) is 10.6 Å². The molecule has 0 aliphatic carbocycles. The largest absolute Gasteiger partial charge is 0.495 e. The van der Waals surface area contributed by atoms with E-state index in [1.54, 1.807) is 7.11 Å². The highest BCUT2D eigenvalue weighted by Gasteiger charge is 2.16. The van der Waals surface area contributed by atoms with Crippen molar-refractivity contribution in [3.63, 3.8) is 0 Å². The molecule has 2 aromatic carbocycles. The van der Waals surface area contributed by atoms with Crippen LogP contribution in [-0.2, 0) is 0 Å². The van der Waals surface area contributed by atoms with Crippen LogP contribution in [0.2, 0.25) is 0 Å². The van der Waals surface area contributed by atoms with Gasteiger partial charge in [-0.2, -0.15) is 0 Å². The molecule has 0 unspecified atom stereocenters. The Hall–Kier alpha value is -2.53. The first-order chi connectivity index (χ1) is 11.1. The molecular formula is C18H23N3O2. The van der Waals surface area contributed by atoms with Gasteiger partial charge in [0.2, 0.25) is 0 Å². The number of rotatable bonds is 6. The lowest BCUT2D eigenvalue weighted by Gasteiger charge is -2.23. The number of nitrogens with zero attached hydrogens (tertiary/aromatic N) is 1. The zero-order chi connectivity index (χ0) is 16.7. The average molecular weight is 313 g/mol. The number of benzene rings is 2. The number of nitrogens with one attached hydrogen (secondary N) is 2. The Morgan fingerprint density at radius 1 is 1.09 bits per heavy atom. The molecule has 0 saturated heterocycles. The molecule has 122 valence electrons. The van der Waals surface area contributed by atoms with E-state index in [4.69, 9.17) is 4.74 Å². The van der Waals surface area contributed by atoms with Gasteiger partial charge in [-0.1, -0.05) is 42.5 Å². The highest BCUT2D eigenvalue weighted by atomic mass is 16.5. The van der Waals surface area contributed by atoms with Crippen molar-refractivity contribution in [1.82, 2.24) is 10.2 Å². The van der Waals surface area contributed by atoms with Gasteiger partial charge in [0, 0.05) is 6.54 Å². The van der Waals surface area contributed by atoms with E-state index in [1.165, 1.54) is 0 Å². The van der Waals surface area contributed by atoms with Crippen LogP contribution >= 0.6 is 0 Å². The highest BCUT2D eigenvalue weighted by Crippen LogP contribution is 2.23. The Morgan fingerprint density at radius 2 is 1.74 bits per heavy atom. The van der Waals surface area contributed by atoms with Gasteiger partial charge in [-0.15, -0.1) is 0 Å². The Balaban J connectivity index is 2.08. The first-order valence-corrected chi connectivity index (χ1v) is 7.50. The summed E-state index contributed by atoms with van der Waals surface area (Å²) in [7, 11) is 5.54. The molecule has 2 rings (SSSR count). The van der Waals surface area contributed by atoms with E-state index in [1.807, 2.05) is 73.6 Å². The lowest BCUT2D eigenvalue weighted by Crippen LogP contribution is -2.37. The maximum atomic E-state index is 12.3. The zero-order valence-corrected chi connectivity index (χ0v) is 13.7. The van der Waals surface area contributed by atoms with Crippen LogP contribution in [0.25, 0.3) is 0 Å². The number of ether oxygens (including phenoxy) is 1. The third-order valence-electron chi connectivity index (χ3n) is 3.41. The quantitative estimate of drug-likeness (QED) is 0.861. The predicted molar refractivity (Wildman–Crippen MR) is 92.9 cm³/mol. The summed E-state index contributed by atoms with van der Waals surface area (Å²) in [5.74, 6) is 0.631. The van der Waals surface area contributed by atoms with Crippen LogP contribution < -0.4 is 15.4 Å². The minimum absolute atomic E-state index is 0.0964. The normalized spacial score (nSPS) is 11.8. The Bertz CT molecular complexity index is 629. The molecular weight excluding hydrogens is 290 g/mol. The topological polar surface area (TPSA) is 53.6 Å². The van der Waals surface area contributed by atoms with Gasteiger partial charge >= 0.3 is 6.03 Å². The molecule has 2 N–H and O–H groups in total. The summed E-state index contributed by atoms with van der Waals surface area (Å²) in [5, 5.41) is 5.86. The number of anilines is 1. The molecule has 5 heteroatoms. The zero-order valence-electron chi connectivity index (χ0n) is 13.7. The van der Waals surface area contributed by atoms with E-state index in [0.29, 0.717) is 18.0 Å². The van der Waals surface area contributed by atoms with Crippen LogP contribution in [0.4, 0.5) is 10.5 Å². The molecule has 0 aromatic heterocycles. The molecule has 0 aliphatic heterocycles. The van der Waals surface area contributed by atoms with E-state index in [9.17, 15) is 4.79 Å². The second-order valence-corrected chi connectivity index (χ2v) is 5.52. The smallest absolute Gasteiger partial charge is 0.319 e. The molecule has 0 heterocycles. The van der Waals surface area contributed by atoms with Crippen molar-refractivity contribution in [3.8, 4) is 5.75 Å². The number of hydrogen-bond donors (Lipinski definition) is 2. The minimum atomic E-state index is -0.259. The van der Waals surface area contributed by atoms with Gasteiger partial charge in [-0.3, -0.25) is 0 Å². The predicted octanol–water partition coefficient (Wildman–Crippen LogP) is 3.12. The number of hydrogen-bond acceptors (Lipinski definition) is 3. The van der Waals surface area contributed by atoms with E-state index in [0.717, 1.165) is 5.56 Å². The van der Waals surface area contributed by atoms with Gasteiger partial charge in [0.1, 0.15) is 5.75 Å². The van der Waals surface area contributed by atoms with Gasteiger partial charge < -0.3 is 20.3 Å². The van der Waals surface area contributed by atoms with Crippen LogP contribution in [0.15, 0.2) is 54.6 Å². The summed E-state index contributed by atoms with van der Waals surface area (Å²) in [6, 6.07) is 16.9. The van der Waals surface area contributed by atoms with E-state index in [-0.39, 0.29) is 12.1 Å². The number of likely N-dealkylation sites (N-methyl/N-ethyl adjacent to an activating group) is 1. The Kier molecular flexibility index (Phi) is 6.00. The van der Waals surface area contributed by atoms with Crippen LogP contribution in [-0.4, -0.2) is 38.7 Å². The molecule has 1 atom stereocenters. The molecule has 2 amide bonds. The second-order valence-electron chi connectivity index (χ2n) is 5.52. The molecule has 0 spiro atoms. The van der Waals surface area contributed by atoms with Gasteiger partial charge in [0.15, 0.2) is 0 Å². The average Bonchev–Trinajstić information content (AvgIpc) is 2.55. The summed E-state index contributed by atoms with van der Waals surface area (Å²) >= 11 is 0. The van der Waals surface area contributed by atoms with Crippen molar-refractivity contribution in [2.45, 2.75) is 6.04 Å². The standard InChI is InChI=1S/C18H23N3O2/c1-21(2)13-16(14-9-5-4-6-10-14)20-18(22)19-15-11-7-8-12-17(15)23-3/h4-12,16H,13H2,1-3H3,(H2,19,20,22)/t16-/m1/s1. The fourth-order valence-corrected chi connectivity index (χ4v) is 2.35. The summed E-state index contributed by atoms with van der Waals surface area (Å²) in [6.07, 6.45) is 0. The first kappa shape index (κ1) is 16.8. The monoisotopic (exact) mass is 313 g/mol. The fourth-order valence-electron chi connectivity index (χ4n) is 2.35. The number of carbonyl (C=O) groups excluding carboxylic acids is 1. The fraction of sp³-hybridized carbons (Fsp3) is 0.278. The van der Waals surface area contributed by atoms with Crippen LogP contribution in [0, 0.1) is 0 Å². The van der Waals surface area contributed by atoms with Crippen molar-refractivity contribution in [3.05, 3.63) is 60.2 Å². The Morgan fingerprint density at radius 3 is 2.39 bits per heavy atom. The summed E-state index contributed by atoms with van der Waals surface area (Å²) < 4.78 is 5.25. The lowest BCUT2D eigenvalue weighted by molar-refractivity contribution is 0.244. The highest BCUT2D eigenvalue weighted by molar-refractivity contribution is 5.91. The van der Waals surface area contributed by atoms with Crippen molar-refractivity contribution in [2.24, 2.45) is 0 Å². The number of methoxy groups -OCH3 is 1. The van der Waals surface area contributed by atoms with Crippen LogP contribution in [0.3, 0.4) is 0 Å². The van der Waals surface area contributed by atoms with Gasteiger partial charge in [0.25, 0.3) is 0 Å². The van der Waals surface area contributed by atoms with Gasteiger partial charge in [0.05, 0.1) is 18.8 Å². The number of urea groups is 1. The molecule has 0 bridgehead atoms. The molecule has 5 nitrogen and oxygen atoms in total. The summed E-state index contributed by atoms with van der Waals surface area (Å²) in [6.45, 7) is 0.712. The first-order valence-electron chi connectivity index (χ1n) is 7.50. The lowest BCUT2D eigenvalue weighted by atomic mass is 10.1. The molecule has 0 radical (unpaired) electrons. The van der Waals surface area contributed by atoms with Crippen LogP contribution in [0.1, 0.15) is 11.6 Å². The minimum Gasteiger partial charge on any atom is -0.495 e. The molecule has 0 aliphatic rings. The molecule has 2 aromatic rings. The number of para-hydroxylation sites is 2. The summed E-state index contributed by atoms with van der Waals surface area (Å²) in [4.78, 5) is 14.4. The van der Waals surface area contributed by atoms with Gasteiger partial charge in [-0.25, -0.2) is 4.79 Å². The molecule has 0 saturated carbocycles. The molecule has 0 fully saturated rings. The molecule has 23 heavy (non-hydrogen) atoms. The van der Waals surface area contributed by atoms with E-state index >= 15 is 0 Å². The number of amides is 2. The third-order valence-corrected chi connectivity index (χ3v) is 3.41. The van der Waals surface area contributed by atoms with Gasteiger partial charge in [-0.05, 0) is 31.8 Å². The van der Waals surface area contributed by atoms with Crippen LogP contribution in [0.5, 0.6) is 5.75 Å².